The van der Waals surface area contributed by atoms with Gasteiger partial charge in [0.15, 0.2) is 5.82 Å². The lowest BCUT2D eigenvalue weighted by Gasteiger charge is -2.12. The zero-order chi connectivity index (χ0) is 16.8. The number of aromatic nitrogens is 3. The summed E-state index contributed by atoms with van der Waals surface area (Å²) in [5, 5.41) is 9.62. The van der Waals surface area contributed by atoms with Crippen molar-refractivity contribution in [2.75, 3.05) is 11.9 Å². The molecule has 2 aromatic rings. The zero-order valence-corrected chi connectivity index (χ0v) is 13.7. The molecule has 2 heterocycles. The predicted molar refractivity (Wildman–Crippen MR) is 90.1 cm³/mol. The number of amides is 1. The summed E-state index contributed by atoms with van der Waals surface area (Å²) in [6.07, 6.45) is 11.1. The first kappa shape index (κ1) is 16.2. The van der Waals surface area contributed by atoms with E-state index in [4.69, 9.17) is 4.52 Å². The number of carbonyl (C=O) groups excluding carboxylic acids is 1. The van der Waals surface area contributed by atoms with E-state index in [1.54, 1.807) is 13.0 Å². The van der Waals surface area contributed by atoms with Crippen molar-refractivity contribution in [1.29, 1.82) is 0 Å². The topological polar surface area (TPSA) is 92.9 Å². The molecule has 0 saturated heterocycles. The third-order valence-electron chi connectivity index (χ3n) is 3.90. The standard InChI is InChI=1S/C17H21N5O2/c1-12-9-15(22-24-12)21-17-19-10-14(11-20-17)16(23)18-8-7-13-5-3-2-4-6-13/h5,9-11H,2-4,6-8H2,1H3,(H,18,23)(H,19,20,21,22). The SMILES string of the molecule is Cc1cc(Nc2ncc(C(=O)NCCC3=CCCCC3)cn2)no1. The minimum Gasteiger partial charge on any atom is -0.360 e. The molecule has 0 aromatic carbocycles. The summed E-state index contributed by atoms with van der Waals surface area (Å²) in [7, 11) is 0. The number of rotatable bonds is 6. The van der Waals surface area contributed by atoms with Gasteiger partial charge in [0.25, 0.3) is 5.91 Å². The minimum absolute atomic E-state index is 0.157. The van der Waals surface area contributed by atoms with Crippen LogP contribution in [0, 0.1) is 6.92 Å². The number of carbonyl (C=O) groups is 1. The Morgan fingerprint density at radius 3 is 2.79 bits per heavy atom. The fourth-order valence-corrected chi connectivity index (χ4v) is 2.62. The van der Waals surface area contributed by atoms with E-state index in [1.807, 2.05) is 0 Å². The van der Waals surface area contributed by atoms with Crippen molar-refractivity contribution in [2.24, 2.45) is 0 Å². The Balaban J connectivity index is 1.49. The number of nitrogens with one attached hydrogen (secondary N) is 2. The minimum atomic E-state index is -0.157. The van der Waals surface area contributed by atoms with Crippen LogP contribution in [0.1, 0.15) is 48.2 Å². The molecule has 0 bridgehead atoms. The van der Waals surface area contributed by atoms with Crippen LogP contribution in [0.25, 0.3) is 0 Å². The van der Waals surface area contributed by atoms with Gasteiger partial charge >= 0.3 is 0 Å². The fraction of sp³-hybridized carbons (Fsp3) is 0.412. The van der Waals surface area contributed by atoms with E-state index in [0.29, 0.717) is 29.6 Å². The Bertz CT molecular complexity index is 721. The molecule has 3 rings (SSSR count). The third-order valence-corrected chi connectivity index (χ3v) is 3.90. The van der Waals surface area contributed by atoms with Gasteiger partial charge in [-0.1, -0.05) is 16.8 Å². The molecule has 0 fully saturated rings. The van der Waals surface area contributed by atoms with E-state index in [1.165, 1.54) is 30.8 Å². The van der Waals surface area contributed by atoms with Gasteiger partial charge in [0, 0.05) is 25.0 Å². The lowest BCUT2D eigenvalue weighted by atomic mass is 9.97. The first-order chi connectivity index (χ1) is 11.7. The van der Waals surface area contributed by atoms with Crippen LogP contribution in [-0.4, -0.2) is 27.6 Å². The van der Waals surface area contributed by atoms with Crippen molar-refractivity contribution < 1.29 is 9.32 Å². The predicted octanol–water partition coefficient (Wildman–Crippen LogP) is 3.14. The third kappa shape index (κ3) is 4.41. The average molecular weight is 327 g/mol. The Hall–Kier alpha value is -2.70. The van der Waals surface area contributed by atoms with Crippen LogP contribution in [0.2, 0.25) is 0 Å². The summed E-state index contributed by atoms with van der Waals surface area (Å²) >= 11 is 0. The van der Waals surface area contributed by atoms with Gasteiger partial charge in [-0.3, -0.25) is 4.79 Å². The van der Waals surface area contributed by atoms with Crippen molar-refractivity contribution >= 4 is 17.7 Å². The molecule has 1 aliphatic carbocycles. The number of allylic oxidation sites excluding steroid dienone is 1. The van der Waals surface area contributed by atoms with Crippen molar-refractivity contribution in [3.05, 3.63) is 41.4 Å². The molecule has 7 heteroatoms. The maximum absolute atomic E-state index is 12.1. The molecule has 0 atom stereocenters. The van der Waals surface area contributed by atoms with Gasteiger partial charge in [-0.2, -0.15) is 0 Å². The van der Waals surface area contributed by atoms with E-state index < -0.39 is 0 Å². The second-order valence-electron chi connectivity index (χ2n) is 5.86. The second kappa shape index (κ2) is 7.72. The van der Waals surface area contributed by atoms with Crippen LogP contribution in [0.15, 0.2) is 34.6 Å². The van der Waals surface area contributed by atoms with Gasteiger partial charge in [0.2, 0.25) is 5.95 Å². The van der Waals surface area contributed by atoms with Crippen LogP contribution < -0.4 is 10.6 Å². The molecule has 0 spiro atoms. The Kier molecular flexibility index (Phi) is 5.20. The summed E-state index contributed by atoms with van der Waals surface area (Å²) in [5.41, 5.74) is 1.88. The van der Waals surface area contributed by atoms with E-state index in [-0.39, 0.29) is 5.91 Å². The molecule has 1 aliphatic rings. The summed E-state index contributed by atoms with van der Waals surface area (Å²) < 4.78 is 4.96. The molecule has 0 radical (unpaired) electrons. The van der Waals surface area contributed by atoms with Gasteiger partial charge in [-0.25, -0.2) is 9.97 Å². The molecule has 2 N–H and O–H groups in total. The molecule has 24 heavy (non-hydrogen) atoms. The molecule has 0 unspecified atom stereocenters. The smallest absolute Gasteiger partial charge is 0.254 e. The first-order valence-corrected chi connectivity index (χ1v) is 8.19. The highest BCUT2D eigenvalue weighted by Gasteiger charge is 2.09. The zero-order valence-electron chi connectivity index (χ0n) is 13.7. The van der Waals surface area contributed by atoms with Gasteiger partial charge in [-0.05, 0) is 39.0 Å². The van der Waals surface area contributed by atoms with Crippen LogP contribution in [0.4, 0.5) is 11.8 Å². The van der Waals surface area contributed by atoms with Crippen molar-refractivity contribution in [3.63, 3.8) is 0 Å². The molecule has 0 saturated carbocycles. The Morgan fingerprint density at radius 2 is 2.12 bits per heavy atom. The molecular formula is C17H21N5O2. The summed E-state index contributed by atoms with van der Waals surface area (Å²) in [5.74, 6) is 1.44. The van der Waals surface area contributed by atoms with Crippen molar-refractivity contribution in [2.45, 2.75) is 39.0 Å². The number of hydrogen-bond acceptors (Lipinski definition) is 6. The monoisotopic (exact) mass is 327 g/mol. The number of nitrogens with zero attached hydrogens (tertiary/aromatic N) is 3. The maximum Gasteiger partial charge on any atom is 0.254 e. The molecule has 2 aromatic heterocycles. The first-order valence-electron chi connectivity index (χ1n) is 8.19. The van der Waals surface area contributed by atoms with Gasteiger partial charge in [0.05, 0.1) is 5.56 Å². The summed E-state index contributed by atoms with van der Waals surface area (Å²) in [4.78, 5) is 20.4. The van der Waals surface area contributed by atoms with Crippen LogP contribution in [-0.2, 0) is 0 Å². The van der Waals surface area contributed by atoms with E-state index in [9.17, 15) is 4.79 Å². The summed E-state index contributed by atoms with van der Waals surface area (Å²) in [6, 6.07) is 1.74. The Morgan fingerprint density at radius 1 is 1.29 bits per heavy atom. The maximum atomic E-state index is 12.1. The lowest BCUT2D eigenvalue weighted by Crippen LogP contribution is -2.25. The van der Waals surface area contributed by atoms with E-state index >= 15 is 0 Å². The summed E-state index contributed by atoms with van der Waals surface area (Å²) in [6.45, 7) is 2.44. The van der Waals surface area contributed by atoms with Crippen LogP contribution in [0.5, 0.6) is 0 Å². The highest BCUT2D eigenvalue weighted by molar-refractivity contribution is 5.93. The molecule has 0 aliphatic heterocycles. The molecule has 126 valence electrons. The van der Waals surface area contributed by atoms with E-state index in [2.05, 4.69) is 31.8 Å². The average Bonchev–Trinajstić information content (AvgIpc) is 3.01. The normalized spacial score (nSPS) is 14.1. The quantitative estimate of drug-likeness (QED) is 0.792. The fourth-order valence-electron chi connectivity index (χ4n) is 2.62. The number of aryl methyl sites for hydroxylation is 1. The highest BCUT2D eigenvalue weighted by atomic mass is 16.5. The lowest BCUT2D eigenvalue weighted by molar-refractivity contribution is 0.0953. The largest absolute Gasteiger partial charge is 0.360 e. The van der Waals surface area contributed by atoms with E-state index in [0.717, 1.165) is 19.3 Å². The molecule has 7 nitrogen and oxygen atoms in total. The van der Waals surface area contributed by atoms with Crippen molar-refractivity contribution in [1.82, 2.24) is 20.4 Å². The number of hydrogen-bond donors (Lipinski definition) is 2. The van der Waals surface area contributed by atoms with Gasteiger partial charge < -0.3 is 15.2 Å². The highest BCUT2D eigenvalue weighted by Crippen LogP contribution is 2.19. The second-order valence-corrected chi connectivity index (χ2v) is 5.86. The van der Waals surface area contributed by atoms with Crippen molar-refractivity contribution in [3.8, 4) is 0 Å². The van der Waals surface area contributed by atoms with Gasteiger partial charge in [-0.15, -0.1) is 0 Å². The molecule has 1 amide bonds. The van der Waals surface area contributed by atoms with Gasteiger partial charge in [0.1, 0.15) is 5.76 Å². The molecular weight excluding hydrogens is 306 g/mol. The van der Waals surface area contributed by atoms with Crippen LogP contribution >= 0.6 is 0 Å². The Labute approximate surface area is 140 Å². The van der Waals surface area contributed by atoms with Crippen LogP contribution in [0.3, 0.4) is 0 Å². The number of anilines is 2.